The van der Waals surface area contributed by atoms with E-state index in [0.717, 1.165) is 44.6 Å². The van der Waals surface area contributed by atoms with Crippen LogP contribution >= 0.6 is 0 Å². The highest BCUT2D eigenvalue weighted by Gasteiger charge is 2.19. The average molecular weight is 256 g/mol. The average Bonchev–Trinajstić information content (AvgIpc) is 2.28. The molecule has 0 saturated carbocycles. The highest BCUT2D eigenvalue weighted by atomic mass is 16.5. The Morgan fingerprint density at radius 1 is 1.22 bits per heavy atom. The largest absolute Gasteiger partial charge is 0.374 e. The first-order valence-corrected chi connectivity index (χ1v) is 7.62. The quantitative estimate of drug-likeness (QED) is 0.721. The normalized spacial score (nSPS) is 22.0. The number of hydrogen-bond acceptors (Lipinski definition) is 3. The van der Waals surface area contributed by atoms with Crippen molar-refractivity contribution in [1.82, 2.24) is 10.2 Å². The maximum atomic E-state index is 5.81. The summed E-state index contributed by atoms with van der Waals surface area (Å²) in [5, 5.41) is 3.50. The molecule has 1 aliphatic rings. The zero-order chi connectivity index (χ0) is 13.4. The van der Waals surface area contributed by atoms with E-state index in [1.54, 1.807) is 0 Å². The predicted molar refractivity (Wildman–Crippen MR) is 78.0 cm³/mol. The van der Waals surface area contributed by atoms with Crippen LogP contribution < -0.4 is 5.32 Å². The van der Waals surface area contributed by atoms with Crippen molar-refractivity contribution >= 4 is 0 Å². The summed E-state index contributed by atoms with van der Waals surface area (Å²) in [6, 6.07) is 0. The SMILES string of the molecule is CC(C)CCCN1CCOC(CNCC(C)C)C1. The van der Waals surface area contributed by atoms with Crippen molar-refractivity contribution < 1.29 is 4.74 Å². The molecule has 1 heterocycles. The van der Waals surface area contributed by atoms with Gasteiger partial charge in [-0.2, -0.15) is 0 Å². The first-order chi connectivity index (χ1) is 8.58. The number of nitrogens with zero attached hydrogens (tertiary/aromatic N) is 1. The highest BCUT2D eigenvalue weighted by Crippen LogP contribution is 2.09. The Kier molecular flexibility index (Phi) is 7.87. The molecule has 1 unspecified atom stereocenters. The fraction of sp³-hybridized carbons (Fsp3) is 1.00. The number of hydrogen-bond donors (Lipinski definition) is 1. The molecule has 0 amide bonds. The second-order valence-corrected chi connectivity index (χ2v) is 6.38. The van der Waals surface area contributed by atoms with Gasteiger partial charge >= 0.3 is 0 Å². The molecule has 0 aromatic carbocycles. The molecule has 0 bridgehead atoms. The van der Waals surface area contributed by atoms with E-state index in [9.17, 15) is 0 Å². The van der Waals surface area contributed by atoms with Crippen LogP contribution in [0.15, 0.2) is 0 Å². The molecular formula is C15H32N2O. The van der Waals surface area contributed by atoms with Gasteiger partial charge in [0.2, 0.25) is 0 Å². The van der Waals surface area contributed by atoms with Crippen LogP contribution in [0.1, 0.15) is 40.5 Å². The molecule has 3 nitrogen and oxygen atoms in total. The van der Waals surface area contributed by atoms with Gasteiger partial charge in [-0.3, -0.25) is 4.90 Å². The van der Waals surface area contributed by atoms with Crippen LogP contribution in [0.25, 0.3) is 0 Å². The third-order valence-corrected chi connectivity index (χ3v) is 3.40. The molecule has 0 aliphatic carbocycles. The Balaban J connectivity index is 2.11. The maximum Gasteiger partial charge on any atom is 0.0826 e. The van der Waals surface area contributed by atoms with Crippen LogP contribution in [0.3, 0.4) is 0 Å². The van der Waals surface area contributed by atoms with E-state index < -0.39 is 0 Å². The van der Waals surface area contributed by atoms with Crippen molar-refractivity contribution in [1.29, 1.82) is 0 Å². The molecule has 18 heavy (non-hydrogen) atoms. The van der Waals surface area contributed by atoms with Gasteiger partial charge in [-0.25, -0.2) is 0 Å². The Morgan fingerprint density at radius 2 is 2.00 bits per heavy atom. The molecule has 1 saturated heterocycles. The van der Waals surface area contributed by atoms with E-state index >= 15 is 0 Å². The molecule has 0 radical (unpaired) electrons. The van der Waals surface area contributed by atoms with Crippen molar-refractivity contribution in [2.45, 2.75) is 46.6 Å². The highest BCUT2D eigenvalue weighted by molar-refractivity contribution is 4.73. The van der Waals surface area contributed by atoms with Gasteiger partial charge in [0.1, 0.15) is 0 Å². The van der Waals surface area contributed by atoms with E-state index in [-0.39, 0.29) is 0 Å². The lowest BCUT2D eigenvalue weighted by Crippen LogP contribution is -2.47. The lowest BCUT2D eigenvalue weighted by Gasteiger charge is -2.33. The van der Waals surface area contributed by atoms with E-state index in [0.29, 0.717) is 6.10 Å². The van der Waals surface area contributed by atoms with Crippen LogP contribution in [-0.4, -0.2) is 50.3 Å². The van der Waals surface area contributed by atoms with E-state index in [4.69, 9.17) is 4.74 Å². The van der Waals surface area contributed by atoms with E-state index in [1.807, 2.05) is 0 Å². The summed E-state index contributed by atoms with van der Waals surface area (Å²) in [6.07, 6.45) is 3.05. The van der Waals surface area contributed by atoms with Crippen molar-refractivity contribution in [2.24, 2.45) is 11.8 Å². The monoisotopic (exact) mass is 256 g/mol. The third kappa shape index (κ3) is 7.34. The molecular weight excluding hydrogens is 224 g/mol. The van der Waals surface area contributed by atoms with Gasteiger partial charge in [-0.15, -0.1) is 0 Å². The van der Waals surface area contributed by atoms with Gasteiger partial charge in [-0.05, 0) is 37.8 Å². The predicted octanol–water partition coefficient (Wildman–Crippen LogP) is 2.37. The number of nitrogens with one attached hydrogen (secondary N) is 1. The first kappa shape index (κ1) is 15.9. The fourth-order valence-electron chi connectivity index (χ4n) is 2.36. The topological polar surface area (TPSA) is 24.5 Å². The van der Waals surface area contributed by atoms with Crippen molar-refractivity contribution in [3.05, 3.63) is 0 Å². The molecule has 1 fully saturated rings. The molecule has 0 spiro atoms. The molecule has 1 N–H and O–H groups in total. The Bertz CT molecular complexity index is 187. The molecule has 1 rings (SSSR count). The second kappa shape index (κ2) is 8.89. The van der Waals surface area contributed by atoms with Crippen molar-refractivity contribution in [3.63, 3.8) is 0 Å². The minimum atomic E-state index is 0.386. The van der Waals surface area contributed by atoms with Gasteiger partial charge in [0.15, 0.2) is 0 Å². The molecule has 3 heteroatoms. The molecule has 1 aliphatic heterocycles. The van der Waals surface area contributed by atoms with Gasteiger partial charge in [0.05, 0.1) is 12.7 Å². The number of morpholine rings is 1. The minimum absolute atomic E-state index is 0.386. The summed E-state index contributed by atoms with van der Waals surface area (Å²) >= 11 is 0. The molecule has 1 atom stereocenters. The van der Waals surface area contributed by atoms with Crippen LogP contribution in [0, 0.1) is 11.8 Å². The summed E-state index contributed by atoms with van der Waals surface area (Å²) in [4.78, 5) is 2.56. The molecule has 0 aromatic rings. The lowest BCUT2D eigenvalue weighted by atomic mass is 10.1. The van der Waals surface area contributed by atoms with Crippen LogP contribution in [0.4, 0.5) is 0 Å². The van der Waals surface area contributed by atoms with E-state index in [1.165, 1.54) is 19.4 Å². The molecule has 108 valence electrons. The Morgan fingerprint density at radius 3 is 2.67 bits per heavy atom. The summed E-state index contributed by atoms with van der Waals surface area (Å²) in [6.45, 7) is 15.5. The zero-order valence-electron chi connectivity index (χ0n) is 12.7. The first-order valence-electron chi connectivity index (χ1n) is 7.62. The second-order valence-electron chi connectivity index (χ2n) is 6.38. The van der Waals surface area contributed by atoms with Crippen LogP contribution in [0.5, 0.6) is 0 Å². The third-order valence-electron chi connectivity index (χ3n) is 3.40. The standard InChI is InChI=1S/C15H32N2O/c1-13(2)6-5-7-17-8-9-18-15(12-17)11-16-10-14(3)4/h13-16H,5-12H2,1-4H3. The summed E-state index contributed by atoms with van der Waals surface area (Å²) in [7, 11) is 0. The fourth-order valence-corrected chi connectivity index (χ4v) is 2.36. The summed E-state index contributed by atoms with van der Waals surface area (Å²) < 4.78 is 5.81. The van der Waals surface area contributed by atoms with Gasteiger partial charge in [-0.1, -0.05) is 27.7 Å². The lowest BCUT2D eigenvalue weighted by molar-refractivity contribution is -0.0277. The van der Waals surface area contributed by atoms with Gasteiger partial charge < -0.3 is 10.1 Å². The maximum absolute atomic E-state index is 5.81. The summed E-state index contributed by atoms with van der Waals surface area (Å²) in [5.41, 5.74) is 0. The van der Waals surface area contributed by atoms with Crippen molar-refractivity contribution in [2.75, 3.05) is 39.3 Å². The van der Waals surface area contributed by atoms with Crippen molar-refractivity contribution in [3.8, 4) is 0 Å². The zero-order valence-corrected chi connectivity index (χ0v) is 12.7. The van der Waals surface area contributed by atoms with Crippen LogP contribution in [0.2, 0.25) is 0 Å². The Labute approximate surface area is 113 Å². The van der Waals surface area contributed by atoms with E-state index in [2.05, 4.69) is 37.9 Å². The number of ether oxygens (including phenoxy) is 1. The summed E-state index contributed by atoms with van der Waals surface area (Å²) in [5.74, 6) is 1.55. The Hall–Kier alpha value is -0.120. The smallest absolute Gasteiger partial charge is 0.0826 e. The van der Waals surface area contributed by atoms with Gasteiger partial charge in [0.25, 0.3) is 0 Å². The van der Waals surface area contributed by atoms with Crippen LogP contribution in [-0.2, 0) is 4.74 Å². The molecule has 0 aromatic heterocycles. The minimum Gasteiger partial charge on any atom is -0.374 e. The number of rotatable bonds is 8. The van der Waals surface area contributed by atoms with Gasteiger partial charge in [0, 0.05) is 19.6 Å².